The van der Waals surface area contributed by atoms with Crippen molar-refractivity contribution in [2.75, 3.05) is 0 Å². The number of carboxylic acids is 1. The zero-order valence-electron chi connectivity index (χ0n) is 16.8. The van der Waals surface area contributed by atoms with Gasteiger partial charge in [-0.15, -0.1) is 0 Å². The van der Waals surface area contributed by atoms with Gasteiger partial charge < -0.3 is 29.9 Å². The number of carboxylic acid groups (broad SMARTS) is 1. The van der Waals surface area contributed by atoms with E-state index in [1.165, 1.54) is 0 Å². The van der Waals surface area contributed by atoms with Crippen molar-refractivity contribution in [1.82, 2.24) is 0 Å². The van der Waals surface area contributed by atoms with Gasteiger partial charge in [-0.3, -0.25) is 4.79 Å². The smallest absolute Gasteiger partial charge is 0.303 e. The van der Waals surface area contributed by atoms with Crippen molar-refractivity contribution >= 4 is 5.97 Å². The Kier molecular flexibility index (Phi) is 8.04. The molecule has 30 heavy (non-hydrogen) atoms. The van der Waals surface area contributed by atoms with Crippen molar-refractivity contribution in [3.63, 3.8) is 0 Å². The van der Waals surface area contributed by atoms with E-state index in [9.17, 15) is 20.1 Å². The first-order valence-corrected chi connectivity index (χ1v) is 10.4. The third-order valence-corrected chi connectivity index (χ3v) is 5.68. The maximum Gasteiger partial charge on any atom is 0.303 e. The predicted molar refractivity (Wildman–Crippen MR) is 110 cm³/mol. The van der Waals surface area contributed by atoms with Crippen LogP contribution in [0.5, 0.6) is 5.75 Å². The third-order valence-electron chi connectivity index (χ3n) is 5.68. The minimum atomic E-state index is -1.00. The number of aliphatic carboxylic acids is 1. The molecule has 1 aromatic rings. The molecule has 2 aliphatic rings. The first-order chi connectivity index (χ1) is 14.5. The number of benzene rings is 1. The van der Waals surface area contributed by atoms with Crippen molar-refractivity contribution in [2.24, 2.45) is 11.8 Å². The second-order valence-corrected chi connectivity index (χ2v) is 7.89. The summed E-state index contributed by atoms with van der Waals surface area (Å²) in [6.45, 7) is 0.353. The fourth-order valence-electron chi connectivity index (χ4n) is 4.02. The number of hydrogen-bond donors (Lipinski definition) is 4. The molecule has 1 aliphatic heterocycles. The molecule has 3 rings (SSSR count). The van der Waals surface area contributed by atoms with Gasteiger partial charge in [0.25, 0.3) is 0 Å². The van der Waals surface area contributed by atoms with Crippen LogP contribution in [0.15, 0.2) is 48.6 Å². The van der Waals surface area contributed by atoms with E-state index in [0.29, 0.717) is 31.6 Å². The van der Waals surface area contributed by atoms with Crippen LogP contribution in [0.1, 0.15) is 37.7 Å². The Morgan fingerprint density at radius 1 is 1.20 bits per heavy atom. The van der Waals surface area contributed by atoms with Crippen LogP contribution >= 0.6 is 0 Å². The Hall–Kier alpha value is -2.19. The molecule has 1 heterocycles. The first kappa shape index (κ1) is 22.5. The highest BCUT2D eigenvalue weighted by atomic mass is 16.7. The highest BCUT2D eigenvalue weighted by molar-refractivity contribution is 5.66. The normalized spacial score (nSPS) is 29.8. The molecule has 0 radical (unpaired) electrons. The van der Waals surface area contributed by atoms with Gasteiger partial charge in [0.1, 0.15) is 11.9 Å². The molecule has 164 valence electrons. The molecule has 0 aromatic heterocycles. The molecule has 0 spiro atoms. The number of para-hydroxylation sites is 1. The summed E-state index contributed by atoms with van der Waals surface area (Å²) in [5.41, 5.74) is 0.925. The van der Waals surface area contributed by atoms with Gasteiger partial charge in [0.2, 0.25) is 6.29 Å². The minimum Gasteiger partial charge on any atom is -0.481 e. The molecule has 0 amide bonds. The van der Waals surface area contributed by atoms with Crippen molar-refractivity contribution < 1.29 is 34.7 Å². The summed E-state index contributed by atoms with van der Waals surface area (Å²) < 4.78 is 11.3. The number of fused-ring (bicyclic) bond motifs is 1. The van der Waals surface area contributed by atoms with E-state index in [-0.39, 0.29) is 24.7 Å². The molecule has 4 N–H and O–H groups in total. The third kappa shape index (κ3) is 5.92. The Morgan fingerprint density at radius 2 is 2.00 bits per heavy atom. The van der Waals surface area contributed by atoms with E-state index in [1.807, 2.05) is 36.4 Å². The van der Waals surface area contributed by atoms with Crippen LogP contribution in [-0.4, -0.2) is 51.0 Å². The van der Waals surface area contributed by atoms with Gasteiger partial charge in [-0.25, -0.2) is 0 Å². The molecule has 1 saturated carbocycles. The standard InChI is InChI=1S/C23H30O7/c24-18(23-29-14-15-7-5-6-9-21(15)30-23)12-11-17-16(19(25)13-20(17)26)8-3-1-2-4-10-22(27)28/h1,3,5-7,9,11-12,16-20,23-26H,2,4,8,10,13-14H2,(H,27,28)/t16-,17-,18-,19+,20-,23?/m1/s1. The maximum atomic E-state index is 10.5. The van der Waals surface area contributed by atoms with E-state index < -0.39 is 30.6 Å². The zero-order chi connectivity index (χ0) is 21.5. The average Bonchev–Trinajstić information content (AvgIpc) is 3.00. The summed E-state index contributed by atoms with van der Waals surface area (Å²) in [7, 11) is 0. The van der Waals surface area contributed by atoms with Crippen LogP contribution in [0.3, 0.4) is 0 Å². The molecule has 6 atom stereocenters. The van der Waals surface area contributed by atoms with Crippen molar-refractivity contribution in [1.29, 1.82) is 0 Å². The number of rotatable bonds is 9. The van der Waals surface area contributed by atoms with E-state index >= 15 is 0 Å². The zero-order valence-corrected chi connectivity index (χ0v) is 16.8. The maximum absolute atomic E-state index is 10.5. The van der Waals surface area contributed by atoms with Crippen LogP contribution in [0.2, 0.25) is 0 Å². The van der Waals surface area contributed by atoms with E-state index in [0.717, 1.165) is 5.56 Å². The Labute approximate surface area is 176 Å². The van der Waals surface area contributed by atoms with E-state index in [2.05, 4.69) is 0 Å². The lowest BCUT2D eigenvalue weighted by molar-refractivity contribution is -0.152. The van der Waals surface area contributed by atoms with Crippen LogP contribution in [-0.2, 0) is 16.1 Å². The lowest BCUT2D eigenvalue weighted by Gasteiger charge is -2.28. The summed E-state index contributed by atoms with van der Waals surface area (Å²) in [5.74, 6) is -0.596. The minimum absolute atomic E-state index is 0.133. The fraction of sp³-hybridized carbons (Fsp3) is 0.522. The molecule has 7 heteroatoms. The number of allylic oxidation sites excluding steroid dienone is 2. The summed E-state index contributed by atoms with van der Waals surface area (Å²) in [6, 6.07) is 7.50. The SMILES string of the molecule is O=C(O)CCCC=CC[C@@H]1[C@@H](C=C[C@@H](O)C2OCc3ccccc3O2)[C@H](O)C[C@@H]1O. The summed E-state index contributed by atoms with van der Waals surface area (Å²) in [4.78, 5) is 10.5. The number of aliphatic hydroxyl groups excluding tert-OH is 3. The van der Waals surface area contributed by atoms with Crippen LogP contribution in [0.4, 0.5) is 0 Å². The molecule has 1 unspecified atom stereocenters. The van der Waals surface area contributed by atoms with Gasteiger partial charge in [0.05, 0.1) is 18.8 Å². The van der Waals surface area contributed by atoms with E-state index in [1.54, 1.807) is 12.2 Å². The van der Waals surface area contributed by atoms with E-state index in [4.69, 9.17) is 14.6 Å². The lowest BCUT2D eigenvalue weighted by Crippen LogP contribution is -2.36. The van der Waals surface area contributed by atoms with Crippen molar-refractivity contribution in [3.8, 4) is 5.75 Å². The number of ether oxygens (including phenoxy) is 2. The molecule has 0 saturated heterocycles. The fourth-order valence-corrected chi connectivity index (χ4v) is 4.02. The van der Waals surface area contributed by atoms with Crippen LogP contribution in [0, 0.1) is 11.8 Å². The molecular weight excluding hydrogens is 388 g/mol. The predicted octanol–water partition coefficient (Wildman–Crippen LogP) is 2.40. The molecule has 1 fully saturated rings. The number of aliphatic hydroxyl groups is 3. The monoisotopic (exact) mass is 418 g/mol. The summed E-state index contributed by atoms with van der Waals surface area (Å²) in [5, 5.41) is 39.8. The molecular formula is C23H30O7. The Balaban J connectivity index is 1.54. The van der Waals surface area contributed by atoms with Gasteiger partial charge >= 0.3 is 5.97 Å². The second-order valence-electron chi connectivity index (χ2n) is 7.89. The summed E-state index contributed by atoms with van der Waals surface area (Å²) >= 11 is 0. The number of carbonyl (C=O) groups is 1. The molecule has 1 aromatic carbocycles. The quantitative estimate of drug-likeness (QED) is 0.359. The van der Waals surface area contributed by atoms with Gasteiger partial charge in [-0.1, -0.05) is 42.5 Å². The Bertz CT molecular complexity index is 760. The van der Waals surface area contributed by atoms with Crippen molar-refractivity contribution in [3.05, 3.63) is 54.1 Å². The highest BCUT2D eigenvalue weighted by Gasteiger charge is 2.39. The van der Waals surface area contributed by atoms with Gasteiger partial charge in [0.15, 0.2) is 0 Å². The number of hydrogen-bond acceptors (Lipinski definition) is 6. The molecule has 7 nitrogen and oxygen atoms in total. The lowest BCUT2D eigenvalue weighted by atomic mass is 9.89. The van der Waals surface area contributed by atoms with Crippen LogP contribution < -0.4 is 4.74 Å². The largest absolute Gasteiger partial charge is 0.481 e. The first-order valence-electron chi connectivity index (χ1n) is 10.4. The molecule has 0 bridgehead atoms. The molecule has 1 aliphatic carbocycles. The number of unbranched alkanes of at least 4 members (excludes halogenated alkanes) is 1. The average molecular weight is 418 g/mol. The van der Waals surface area contributed by atoms with Crippen molar-refractivity contribution in [2.45, 2.75) is 63.3 Å². The second kappa shape index (κ2) is 10.7. The van der Waals surface area contributed by atoms with Gasteiger partial charge in [-0.2, -0.15) is 0 Å². The Morgan fingerprint density at radius 3 is 2.80 bits per heavy atom. The summed E-state index contributed by atoms with van der Waals surface area (Å²) in [6.07, 6.45) is 6.20. The highest BCUT2D eigenvalue weighted by Crippen LogP contribution is 2.36. The van der Waals surface area contributed by atoms with Crippen LogP contribution in [0.25, 0.3) is 0 Å². The van der Waals surface area contributed by atoms with Gasteiger partial charge in [0, 0.05) is 24.3 Å². The topological polar surface area (TPSA) is 116 Å². The van der Waals surface area contributed by atoms with Gasteiger partial charge in [-0.05, 0) is 31.2 Å².